The van der Waals surface area contributed by atoms with E-state index in [1.165, 1.54) is 23.5 Å². The fraction of sp³-hybridized carbons (Fsp3) is 0.321. The van der Waals surface area contributed by atoms with Crippen molar-refractivity contribution in [1.29, 1.82) is 0 Å². The summed E-state index contributed by atoms with van der Waals surface area (Å²) in [5.41, 5.74) is 0.778. The number of esters is 1. The van der Waals surface area contributed by atoms with Gasteiger partial charge >= 0.3 is 155 Å². The molecular formula is C28H33B2N5O7S2. The van der Waals surface area contributed by atoms with Crippen molar-refractivity contribution in [3.8, 4) is 10.4 Å². The first-order valence-corrected chi connectivity index (χ1v) is 15.9. The molecule has 0 aliphatic rings. The number of carbonyl (C=O) groups excluding carboxylic acids is 2. The zero-order valence-electron chi connectivity index (χ0n) is 24.5. The minimum Gasteiger partial charge on any atom is -0.207 e. The van der Waals surface area contributed by atoms with E-state index in [4.69, 9.17) is 4.74 Å². The van der Waals surface area contributed by atoms with Gasteiger partial charge in [-0.25, -0.2) is 8.42 Å². The zero-order chi connectivity index (χ0) is 32.2. The number of rotatable bonds is 14. The quantitative estimate of drug-likeness (QED) is 0.0892. The van der Waals surface area contributed by atoms with Crippen LogP contribution in [0.5, 0.6) is 0 Å². The molecule has 0 radical (unpaired) electrons. The van der Waals surface area contributed by atoms with Crippen LogP contribution in [-0.2, 0) is 35.5 Å². The smallest absolute Gasteiger partial charge is 0.207 e. The number of amides is 1. The van der Waals surface area contributed by atoms with Crippen molar-refractivity contribution in [1.82, 2.24) is 20.7 Å². The SMILES string of the molecule is CC(C)(C)OC(=O)C(CNC(=O)c1ccc(-c2ccccc2CN=C(NCB=O)NCB=O)s1)NS(=O)(=O)c1ccccc1. The van der Waals surface area contributed by atoms with Crippen LogP contribution in [0.1, 0.15) is 36.0 Å². The molecule has 1 unspecified atom stereocenters. The zero-order valence-corrected chi connectivity index (χ0v) is 26.2. The average molecular weight is 637 g/mol. The second-order valence-corrected chi connectivity index (χ2v) is 13.1. The van der Waals surface area contributed by atoms with Crippen molar-refractivity contribution >= 4 is 53.5 Å². The van der Waals surface area contributed by atoms with Gasteiger partial charge in [0.1, 0.15) is 11.6 Å². The monoisotopic (exact) mass is 637 g/mol. The summed E-state index contributed by atoms with van der Waals surface area (Å²) in [6, 6.07) is 17.1. The number of benzene rings is 2. The number of nitrogens with zero attached hydrogens (tertiary/aromatic N) is 1. The van der Waals surface area contributed by atoms with E-state index in [-0.39, 0.29) is 30.9 Å². The van der Waals surface area contributed by atoms with Crippen LogP contribution in [-0.4, -0.2) is 71.6 Å². The Morgan fingerprint density at radius 1 is 0.909 bits per heavy atom. The van der Waals surface area contributed by atoms with Gasteiger partial charge in [0, 0.05) is 6.54 Å². The predicted octanol–water partition coefficient (Wildman–Crippen LogP) is 1.88. The summed E-state index contributed by atoms with van der Waals surface area (Å²) in [6.07, 6.45) is 0.0520. The minimum absolute atomic E-state index is 0.0260. The molecule has 1 aromatic heterocycles. The third kappa shape index (κ3) is 10.6. The number of ether oxygens (including phenoxy) is 1. The molecule has 0 fully saturated rings. The van der Waals surface area contributed by atoms with Crippen molar-refractivity contribution in [2.24, 2.45) is 4.99 Å². The van der Waals surface area contributed by atoms with Gasteiger partial charge in [-0.05, 0) is 32.9 Å². The number of aliphatic imine (C=N–C) groups is 1. The van der Waals surface area contributed by atoms with Crippen LogP contribution >= 0.6 is 11.3 Å². The van der Waals surface area contributed by atoms with E-state index in [1.807, 2.05) is 24.3 Å². The molecule has 230 valence electrons. The van der Waals surface area contributed by atoms with Gasteiger partial charge in [0.25, 0.3) is 0 Å². The molecule has 3 rings (SSSR count). The summed E-state index contributed by atoms with van der Waals surface area (Å²) in [5, 5.41) is 8.26. The van der Waals surface area contributed by atoms with Gasteiger partial charge in [0.15, 0.2) is 0 Å². The summed E-state index contributed by atoms with van der Waals surface area (Å²) >= 11 is 1.21. The number of carbonyl (C=O) groups is 2. The summed E-state index contributed by atoms with van der Waals surface area (Å²) in [6.45, 7) is 4.86. The molecule has 0 bridgehead atoms. The number of nitrogens with one attached hydrogen (secondary N) is 4. The molecule has 44 heavy (non-hydrogen) atoms. The standard InChI is InChI=1S/C28H33B2N5O7S2/c1-28(2,3)42-26(37)22(35-44(40,41)20-10-5-4-6-11-20)16-31-25(36)24-14-13-23(43-24)21-12-8-7-9-19(21)15-32-27(33-17-29-38)34-18-30-39/h4-14,22,35H,15-18H2,1-3H3,(H,31,36)(H2,32,33,34). The fourth-order valence-electron chi connectivity index (χ4n) is 3.80. The topological polar surface area (TPSA) is 172 Å². The average Bonchev–Trinajstić information content (AvgIpc) is 3.49. The predicted molar refractivity (Wildman–Crippen MR) is 169 cm³/mol. The van der Waals surface area contributed by atoms with Crippen LogP contribution in [0.2, 0.25) is 0 Å². The maximum atomic E-state index is 13.1. The van der Waals surface area contributed by atoms with Crippen LogP contribution < -0.4 is 20.7 Å². The Hall–Kier alpha value is -4.01. The molecule has 0 saturated carbocycles. The van der Waals surface area contributed by atoms with Gasteiger partial charge in [-0.2, -0.15) is 4.72 Å². The van der Waals surface area contributed by atoms with Crippen molar-refractivity contribution in [2.45, 2.75) is 43.9 Å². The number of thiophene rings is 1. The van der Waals surface area contributed by atoms with E-state index in [2.05, 4.69) is 25.7 Å². The molecule has 0 aliphatic carbocycles. The number of sulfonamides is 1. The molecule has 3 aromatic rings. The van der Waals surface area contributed by atoms with Crippen molar-refractivity contribution in [3.63, 3.8) is 0 Å². The van der Waals surface area contributed by atoms with Crippen LogP contribution in [0.25, 0.3) is 10.4 Å². The van der Waals surface area contributed by atoms with Crippen LogP contribution in [0.4, 0.5) is 0 Å². The van der Waals surface area contributed by atoms with E-state index in [1.54, 1.807) is 51.1 Å². The number of guanidine groups is 1. The van der Waals surface area contributed by atoms with Crippen LogP contribution in [0.15, 0.2) is 76.6 Å². The molecule has 4 N–H and O–H groups in total. The second kappa shape index (κ2) is 16.2. The van der Waals surface area contributed by atoms with Crippen molar-refractivity contribution < 1.29 is 32.2 Å². The Labute approximate surface area is 261 Å². The molecule has 0 spiro atoms. The molecule has 1 amide bonds. The summed E-state index contributed by atoms with van der Waals surface area (Å²) in [4.78, 5) is 31.6. The van der Waals surface area contributed by atoms with Crippen LogP contribution in [0, 0.1) is 0 Å². The molecule has 0 saturated heterocycles. The molecular weight excluding hydrogens is 604 g/mol. The molecule has 2 aromatic carbocycles. The van der Waals surface area contributed by atoms with E-state index < -0.39 is 33.5 Å². The molecule has 0 aliphatic heterocycles. The van der Waals surface area contributed by atoms with Gasteiger partial charge < -0.3 is 4.74 Å². The Morgan fingerprint density at radius 2 is 1.55 bits per heavy atom. The summed E-state index contributed by atoms with van der Waals surface area (Å²) in [7, 11) is -2.73. The molecule has 12 nitrogen and oxygen atoms in total. The van der Waals surface area contributed by atoms with Crippen LogP contribution in [0.3, 0.4) is 0 Å². The maximum Gasteiger partial charge on any atom is 0.241 e. The fourth-order valence-corrected chi connectivity index (χ4v) is 5.99. The largest absolute Gasteiger partial charge is 0.241 e. The van der Waals surface area contributed by atoms with Crippen molar-refractivity contribution in [3.05, 3.63) is 77.2 Å². The Kier molecular flexibility index (Phi) is 12.7. The normalized spacial score (nSPS) is 11.8. The van der Waals surface area contributed by atoms with E-state index in [9.17, 15) is 27.4 Å². The van der Waals surface area contributed by atoms with E-state index in [0.29, 0.717) is 25.1 Å². The molecule has 1 heterocycles. The van der Waals surface area contributed by atoms with Gasteiger partial charge in [-0.1, -0.05) is 18.2 Å². The number of hydrogen-bond donors (Lipinski definition) is 4. The third-order valence-corrected chi connectivity index (χ3v) is 8.34. The van der Waals surface area contributed by atoms with Gasteiger partial charge in [-0.3, -0.25) is 4.79 Å². The van der Waals surface area contributed by atoms with E-state index in [0.717, 1.165) is 16.0 Å². The Balaban J connectivity index is 1.76. The van der Waals surface area contributed by atoms with Gasteiger partial charge in [-0.15, -0.1) is 0 Å². The first-order valence-electron chi connectivity index (χ1n) is 13.6. The molecule has 1 atom stereocenters. The maximum absolute atomic E-state index is 13.1. The third-order valence-electron chi connectivity index (χ3n) is 5.73. The Bertz CT molecular complexity index is 1580. The molecule has 16 heteroatoms. The minimum atomic E-state index is -4.09. The van der Waals surface area contributed by atoms with Gasteiger partial charge in [0.2, 0.25) is 10.0 Å². The second-order valence-electron chi connectivity index (χ2n) is 10.3. The van der Waals surface area contributed by atoms with Gasteiger partial charge in [0.05, 0.1) is 4.90 Å². The number of hydrogen-bond acceptors (Lipinski definition) is 9. The first-order chi connectivity index (χ1) is 20.9. The summed E-state index contributed by atoms with van der Waals surface area (Å²) < 4.78 is 55.1. The first kappa shape index (κ1) is 34.5. The summed E-state index contributed by atoms with van der Waals surface area (Å²) in [5.74, 6) is -1.03. The van der Waals surface area contributed by atoms with Crippen molar-refractivity contribution in [2.75, 3.05) is 19.4 Å². The Morgan fingerprint density at radius 3 is 2.18 bits per heavy atom. The van der Waals surface area contributed by atoms with E-state index >= 15 is 0 Å².